The smallest absolute Gasteiger partial charge is 0.305 e. The van der Waals surface area contributed by atoms with Gasteiger partial charge in [0.2, 0.25) is 5.91 Å². The molecule has 0 aliphatic carbocycles. The van der Waals surface area contributed by atoms with Crippen LogP contribution >= 0.6 is 0 Å². The van der Waals surface area contributed by atoms with Gasteiger partial charge in [0.15, 0.2) is 0 Å². The summed E-state index contributed by atoms with van der Waals surface area (Å²) in [7, 11) is 0. The minimum Gasteiger partial charge on any atom is -0.466 e. The molecule has 2 unspecified atom stereocenters. The molecule has 0 saturated heterocycles. The highest BCUT2D eigenvalue weighted by molar-refractivity contribution is 5.76. The number of nitrogens with one attached hydrogen (secondary N) is 1. The molecule has 0 fully saturated rings. The Labute approximate surface area is 341 Å². The lowest BCUT2D eigenvalue weighted by Crippen LogP contribution is -2.45. The van der Waals surface area contributed by atoms with Gasteiger partial charge in [-0.25, -0.2) is 0 Å². The van der Waals surface area contributed by atoms with E-state index in [9.17, 15) is 19.8 Å². The van der Waals surface area contributed by atoms with E-state index in [1.165, 1.54) is 128 Å². The number of hydrogen-bond donors (Lipinski definition) is 3. The number of aliphatic hydroxyl groups excluding tert-OH is 2. The lowest BCUT2D eigenvalue weighted by Gasteiger charge is -2.20. The fraction of sp³-hybridized carbons (Fsp3) is 0.837. The van der Waals surface area contributed by atoms with Crippen LogP contribution < -0.4 is 5.32 Å². The van der Waals surface area contributed by atoms with Crippen LogP contribution in [-0.2, 0) is 14.3 Å². The van der Waals surface area contributed by atoms with Gasteiger partial charge in [-0.05, 0) is 70.6 Å². The quantitative estimate of drug-likeness (QED) is 0.0326. The third-order valence-corrected chi connectivity index (χ3v) is 10.7. The first kappa shape index (κ1) is 53.1. The van der Waals surface area contributed by atoms with Gasteiger partial charge in [-0.1, -0.05) is 192 Å². The van der Waals surface area contributed by atoms with Gasteiger partial charge in [0.25, 0.3) is 0 Å². The van der Waals surface area contributed by atoms with Gasteiger partial charge < -0.3 is 20.3 Å². The molecule has 3 N–H and O–H groups in total. The highest BCUT2D eigenvalue weighted by atomic mass is 16.5. The topological polar surface area (TPSA) is 95.9 Å². The number of esters is 1. The fourth-order valence-corrected chi connectivity index (χ4v) is 6.95. The van der Waals surface area contributed by atoms with Crippen LogP contribution in [0.4, 0.5) is 0 Å². The predicted molar refractivity (Wildman–Crippen MR) is 236 cm³/mol. The molecule has 0 aromatic rings. The van der Waals surface area contributed by atoms with E-state index in [4.69, 9.17) is 4.74 Å². The molecular weight excluding hydrogens is 683 g/mol. The van der Waals surface area contributed by atoms with E-state index in [0.717, 1.165) is 83.5 Å². The van der Waals surface area contributed by atoms with Gasteiger partial charge in [0.1, 0.15) is 0 Å². The van der Waals surface area contributed by atoms with E-state index in [-0.39, 0.29) is 18.5 Å². The molecular formula is C49H91NO5. The summed E-state index contributed by atoms with van der Waals surface area (Å²) in [6.07, 6.45) is 52.8. The summed E-state index contributed by atoms with van der Waals surface area (Å²) in [5.74, 6) is -0.105. The third-order valence-electron chi connectivity index (χ3n) is 10.7. The summed E-state index contributed by atoms with van der Waals surface area (Å²) in [6.45, 7) is 4.82. The summed E-state index contributed by atoms with van der Waals surface area (Å²) in [4.78, 5) is 24.3. The number of ether oxygens (including phenoxy) is 1. The number of amides is 1. The van der Waals surface area contributed by atoms with Gasteiger partial charge in [-0.15, -0.1) is 0 Å². The number of carbonyl (C=O) groups excluding carboxylic acids is 2. The van der Waals surface area contributed by atoms with Crippen molar-refractivity contribution in [1.29, 1.82) is 0 Å². The molecule has 2 atom stereocenters. The Hall–Kier alpha value is -1.92. The van der Waals surface area contributed by atoms with Crippen molar-refractivity contribution < 1.29 is 24.5 Å². The van der Waals surface area contributed by atoms with Crippen LogP contribution in [0.2, 0.25) is 0 Å². The Morgan fingerprint density at radius 3 is 1.38 bits per heavy atom. The van der Waals surface area contributed by atoms with Crippen LogP contribution in [-0.4, -0.2) is 47.4 Å². The highest BCUT2D eigenvalue weighted by Gasteiger charge is 2.18. The standard InChI is InChI=1S/C49H91NO5/c1-3-5-7-9-11-13-22-27-31-35-39-43-49(54)55-44-40-36-32-28-24-21-19-17-15-16-18-20-23-26-30-34-38-42-48(53)50-46(45-51)47(52)41-37-33-29-25-14-12-10-8-6-4-2/h15,17,21,24,37,41,46-47,51-52H,3-14,16,18-20,22-23,25-36,38-40,42-45H2,1-2H3,(H,50,53)/b17-15-,24-21-,41-37+. The second-order valence-corrected chi connectivity index (χ2v) is 16.1. The van der Waals surface area contributed by atoms with Crippen LogP contribution in [0.5, 0.6) is 0 Å². The Morgan fingerprint density at radius 2 is 0.909 bits per heavy atom. The largest absolute Gasteiger partial charge is 0.466 e. The number of allylic oxidation sites excluding steroid dienone is 5. The van der Waals surface area contributed by atoms with Crippen LogP contribution in [0.3, 0.4) is 0 Å². The highest BCUT2D eigenvalue weighted by Crippen LogP contribution is 2.14. The minimum absolute atomic E-state index is 0.0179. The van der Waals surface area contributed by atoms with Gasteiger partial charge in [-0.3, -0.25) is 9.59 Å². The molecule has 0 rings (SSSR count). The summed E-state index contributed by atoms with van der Waals surface area (Å²) >= 11 is 0. The molecule has 0 bridgehead atoms. The molecule has 0 aromatic carbocycles. The lowest BCUT2D eigenvalue weighted by atomic mass is 10.1. The number of carbonyl (C=O) groups is 2. The van der Waals surface area contributed by atoms with E-state index >= 15 is 0 Å². The minimum atomic E-state index is -0.852. The summed E-state index contributed by atoms with van der Waals surface area (Å²) in [6, 6.07) is -0.637. The molecule has 6 heteroatoms. The summed E-state index contributed by atoms with van der Waals surface area (Å²) in [5, 5.41) is 22.9. The molecule has 0 spiro atoms. The van der Waals surface area contributed by atoms with Crippen LogP contribution in [0.25, 0.3) is 0 Å². The van der Waals surface area contributed by atoms with Crippen molar-refractivity contribution in [2.24, 2.45) is 0 Å². The average Bonchev–Trinajstić information content (AvgIpc) is 3.18. The van der Waals surface area contributed by atoms with Gasteiger partial charge in [0.05, 0.1) is 25.4 Å². The van der Waals surface area contributed by atoms with E-state index in [1.54, 1.807) is 6.08 Å². The molecule has 0 radical (unpaired) electrons. The van der Waals surface area contributed by atoms with Gasteiger partial charge in [-0.2, -0.15) is 0 Å². The molecule has 6 nitrogen and oxygen atoms in total. The molecule has 322 valence electrons. The maximum atomic E-state index is 12.4. The van der Waals surface area contributed by atoms with Crippen LogP contribution in [0, 0.1) is 0 Å². The Balaban J connectivity index is 3.53. The molecule has 0 aliphatic heterocycles. The maximum Gasteiger partial charge on any atom is 0.305 e. The number of aliphatic hydroxyl groups is 2. The average molecular weight is 774 g/mol. The SMILES string of the molecule is CCCCCCCCCC/C=C/C(O)C(CO)NC(=O)CCCCCCCCC/C=C\C/C=C\CCCCCOC(=O)CCCCCCCCCCCCC. The predicted octanol–water partition coefficient (Wildman–Crippen LogP) is 13.7. The maximum absolute atomic E-state index is 12.4. The normalized spacial score (nSPS) is 13.0. The van der Waals surface area contributed by atoms with Crippen molar-refractivity contribution in [2.45, 2.75) is 251 Å². The molecule has 0 saturated carbocycles. The summed E-state index contributed by atoms with van der Waals surface area (Å²) in [5.41, 5.74) is 0. The van der Waals surface area contributed by atoms with Crippen molar-refractivity contribution in [2.75, 3.05) is 13.2 Å². The van der Waals surface area contributed by atoms with Crippen molar-refractivity contribution in [3.05, 3.63) is 36.5 Å². The molecule has 55 heavy (non-hydrogen) atoms. The van der Waals surface area contributed by atoms with Crippen molar-refractivity contribution in [1.82, 2.24) is 5.32 Å². The monoisotopic (exact) mass is 774 g/mol. The number of rotatable bonds is 43. The van der Waals surface area contributed by atoms with Crippen LogP contribution in [0.1, 0.15) is 239 Å². The molecule has 0 heterocycles. The molecule has 1 amide bonds. The summed E-state index contributed by atoms with van der Waals surface area (Å²) < 4.78 is 5.42. The Morgan fingerprint density at radius 1 is 0.509 bits per heavy atom. The van der Waals surface area contributed by atoms with E-state index < -0.39 is 12.1 Å². The second-order valence-electron chi connectivity index (χ2n) is 16.1. The van der Waals surface area contributed by atoms with Gasteiger partial charge in [0, 0.05) is 12.8 Å². The van der Waals surface area contributed by atoms with Crippen molar-refractivity contribution in [3.63, 3.8) is 0 Å². The van der Waals surface area contributed by atoms with E-state index in [0.29, 0.717) is 19.4 Å². The Bertz CT molecular complexity index is 900. The zero-order valence-electron chi connectivity index (χ0n) is 36.4. The zero-order chi connectivity index (χ0) is 40.1. The Kier molecular flexibility index (Phi) is 43.2. The second kappa shape index (κ2) is 44.8. The third kappa shape index (κ3) is 41.5. The number of hydrogen-bond acceptors (Lipinski definition) is 5. The van der Waals surface area contributed by atoms with E-state index in [1.807, 2.05) is 6.08 Å². The molecule has 0 aliphatic rings. The van der Waals surface area contributed by atoms with Crippen molar-refractivity contribution >= 4 is 11.9 Å². The number of unbranched alkanes of at least 4 members (excludes halogenated alkanes) is 28. The zero-order valence-corrected chi connectivity index (χ0v) is 36.4. The first-order valence-electron chi connectivity index (χ1n) is 23.8. The van der Waals surface area contributed by atoms with Crippen molar-refractivity contribution in [3.8, 4) is 0 Å². The van der Waals surface area contributed by atoms with Crippen LogP contribution in [0.15, 0.2) is 36.5 Å². The van der Waals surface area contributed by atoms with Gasteiger partial charge >= 0.3 is 5.97 Å². The fourth-order valence-electron chi connectivity index (χ4n) is 6.95. The lowest BCUT2D eigenvalue weighted by molar-refractivity contribution is -0.143. The molecule has 0 aromatic heterocycles. The first-order valence-corrected chi connectivity index (χ1v) is 23.8. The van der Waals surface area contributed by atoms with E-state index in [2.05, 4.69) is 43.5 Å². The first-order chi connectivity index (χ1) is 27.0.